The molecule has 3 aromatic rings. The smallest absolute Gasteiger partial charge is 0.326 e. The van der Waals surface area contributed by atoms with Crippen LogP contribution in [0.3, 0.4) is 0 Å². The molecule has 2 aromatic carbocycles. The van der Waals surface area contributed by atoms with Gasteiger partial charge < -0.3 is 15.2 Å². The Labute approximate surface area is 162 Å². The highest BCUT2D eigenvalue weighted by molar-refractivity contribution is 9.10. The van der Waals surface area contributed by atoms with Crippen LogP contribution in [-0.2, 0) is 0 Å². The van der Waals surface area contributed by atoms with Gasteiger partial charge in [0, 0.05) is 17.6 Å². The summed E-state index contributed by atoms with van der Waals surface area (Å²) in [6, 6.07) is 7.04. The van der Waals surface area contributed by atoms with Gasteiger partial charge in [0.15, 0.2) is 0 Å². The molecule has 8 heteroatoms. The Morgan fingerprint density at radius 3 is 2.78 bits per heavy atom. The van der Waals surface area contributed by atoms with Gasteiger partial charge in [-0.2, -0.15) is 0 Å². The van der Waals surface area contributed by atoms with Gasteiger partial charge in [-0.1, -0.05) is 0 Å². The molecule has 1 heterocycles. The van der Waals surface area contributed by atoms with Crippen molar-refractivity contribution < 1.29 is 23.4 Å². The van der Waals surface area contributed by atoms with Gasteiger partial charge >= 0.3 is 6.03 Å². The van der Waals surface area contributed by atoms with E-state index in [9.17, 15) is 18.7 Å². The Kier molecular flexibility index (Phi) is 5.76. The number of nitrogens with zero attached hydrogens (tertiary/aromatic N) is 1. The molecule has 3 rings (SSSR count). The van der Waals surface area contributed by atoms with E-state index in [4.69, 9.17) is 4.74 Å². The Hall–Kier alpha value is -2.45. The first kappa shape index (κ1) is 19.3. The summed E-state index contributed by atoms with van der Waals surface area (Å²) in [6.07, 6.45) is 1.50. The Morgan fingerprint density at radius 1 is 1.30 bits per heavy atom. The molecule has 0 fully saturated rings. The molecule has 0 saturated heterocycles. The molecule has 5 nitrogen and oxygen atoms in total. The maximum absolute atomic E-state index is 13.8. The molecule has 2 N–H and O–H groups in total. The lowest BCUT2D eigenvalue weighted by atomic mass is 10.1. The SMILES string of the molecule is CCOc1cc(F)cc([C@@H](CO)NC(=O)n2ccc3cc(Br)c(F)cc32)c1. The molecule has 0 aliphatic rings. The van der Waals surface area contributed by atoms with Gasteiger partial charge in [-0.3, -0.25) is 4.57 Å². The summed E-state index contributed by atoms with van der Waals surface area (Å²) in [5.74, 6) is -0.735. The number of hydrogen-bond acceptors (Lipinski definition) is 3. The van der Waals surface area contributed by atoms with Gasteiger partial charge in [-0.15, -0.1) is 0 Å². The average molecular weight is 439 g/mol. The topological polar surface area (TPSA) is 63.5 Å². The highest BCUT2D eigenvalue weighted by Crippen LogP contribution is 2.25. The number of nitrogens with one attached hydrogen (secondary N) is 1. The van der Waals surface area contributed by atoms with E-state index in [1.807, 2.05) is 0 Å². The third-order valence-corrected chi connectivity index (χ3v) is 4.65. The molecule has 0 bridgehead atoms. The number of aliphatic hydroxyl groups is 1. The first-order valence-electron chi connectivity index (χ1n) is 8.24. The molecule has 27 heavy (non-hydrogen) atoms. The number of carbonyl (C=O) groups is 1. The van der Waals surface area contributed by atoms with Crippen LogP contribution in [0.25, 0.3) is 10.9 Å². The summed E-state index contributed by atoms with van der Waals surface area (Å²) >= 11 is 3.11. The zero-order valence-corrected chi connectivity index (χ0v) is 16.0. The van der Waals surface area contributed by atoms with Crippen LogP contribution in [0.2, 0.25) is 0 Å². The minimum atomic E-state index is -0.856. The molecule has 0 radical (unpaired) electrons. The van der Waals surface area contributed by atoms with Crippen molar-refractivity contribution in [3.05, 3.63) is 64.3 Å². The lowest BCUT2D eigenvalue weighted by Crippen LogP contribution is -2.34. The first-order chi connectivity index (χ1) is 12.9. The number of fused-ring (bicyclic) bond motifs is 1. The van der Waals surface area contributed by atoms with Crippen LogP contribution in [0, 0.1) is 11.6 Å². The Bertz CT molecular complexity index is 990. The molecule has 0 spiro atoms. The van der Waals surface area contributed by atoms with Crippen LogP contribution in [0.15, 0.2) is 47.1 Å². The van der Waals surface area contributed by atoms with E-state index < -0.39 is 30.3 Å². The third kappa shape index (κ3) is 4.12. The van der Waals surface area contributed by atoms with Crippen LogP contribution in [0.1, 0.15) is 18.5 Å². The van der Waals surface area contributed by atoms with Crippen molar-refractivity contribution in [1.82, 2.24) is 9.88 Å². The number of aromatic nitrogens is 1. The lowest BCUT2D eigenvalue weighted by molar-refractivity contribution is 0.218. The zero-order chi connectivity index (χ0) is 19.6. The molecule has 0 aliphatic carbocycles. The molecule has 1 aromatic heterocycles. The van der Waals surface area contributed by atoms with E-state index in [1.165, 1.54) is 29.0 Å². The van der Waals surface area contributed by atoms with Gasteiger partial charge in [0.25, 0.3) is 0 Å². The van der Waals surface area contributed by atoms with Crippen LogP contribution in [0.4, 0.5) is 13.6 Å². The van der Waals surface area contributed by atoms with Crippen molar-refractivity contribution in [1.29, 1.82) is 0 Å². The summed E-state index contributed by atoms with van der Waals surface area (Å²) in [4.78, 5) is 12.6. The van der Waals surface area contributed by atoms with Crippen LogP contribution in [0.5, 0.6) is 5.75 Å². The van der Waals surface area contributed by atoms with Crippen LogP contribution >= 0.6 is 15.9 Å². The second kappa shape index (κ2) is 8.06. The van der Waals surface area contributed by atoms with E-state index in [-0.39, 0.29) is 0 Å². The number of hydrogen-bond donors (Lipinski definition) is 2. The van der Waals surface area contributed by atoms with Crippen molar-refractivity contribution in [2.45, 2.75) is 13.0 Å². The zero-order valence-electron chi connectivity index (χ0n) is 14.4. The number of carbonyl (C=O) groups excluding carboxylic acids is 1. The van der Waals surface area contributed by atoms with E-state index >= 15 is 0 Å². The van der Waals surface area contributed by atoms with E-state index in [0.717, 1.165) is 0 Å². The van der Waals surface area contributed by atoms with Crippen LogP contribution < -0.4 is 10.1 Å². The minimum Gasteiger partial charge on any atom is -0.494 e. The molecule has 1 amide bonds. The second-order valence-electron chi connectivity index (χ2n) is 5.85. The largest absolute Gasteiger partial charge is 0.494 e. The van der Waals surface area contributed by atoms with Crippen molar-refractivity contribution >= 4 is 32.9 Å². The van der Waals surface area contributed by atoms with E-state index in [0.29, 0.717) is 33.3 Å². The fourth-order valence-electron chi connectivity index (χ4n) is 2.79. The highest BCUT2D eigenvalue weighted by atomic mass is 79.9. The van der Waals surface area contributed by atoms with Gasteiger partial charge in [0.05, 0.1) is 29.2 Å². The molecule has 0 saturated carbocycles. The standard InChI is InChI=1S/C19H17BrF2N2O3/c1-2-27-14-6-12(5-13(21)8-14)17(10-25)23-19(26)24-4-3-11-7-15(20)16(22)9-18(11)24/h3-9,17,25H,2,10H2,1H3,(H,23,26)/t17-/m1/s1. The number of ether oxygens (including phenoxy) is 1. The quantitative estimate of drug-likeness (QED) is 0.621. The predicted molar refractivity (Wildman–Crippen MR) is 101 cm³/mol. The lowest BCUT2D eigenvalue weighted by Gasteiger charge is -2.18. The maximum Gasteiger partial charge on any atom is 0.326 e. The number of aliphatic hydroxyl groups excluding tert-OH is 1. The number of halogens is 3. The molecular formula is C19H17BrF2N2O3. The molecular weight excluding hydrogens is 422 g/mol. The van der Waals surface area contributed by atoms with Gasteiger partial charge in [-0.05, 0) is 58.7 Å². The molecule has 1 atom stereocenters. The van der Waals surface area contributed by atoms with E-state index in [1.54, 1.807) is 25.1 Å². The molecule has 142 valence electrons. The van der Waals surface area contributed by atoms with Crippen molar-refractivity contribution in [3.8, 4) is 5.75 Å². The minimum absolute atomic E-state index is 0.296. The maximum atomic E-state index is 13.8. The monoisotopic (exact) mass is 438 g/mol. The Morgan fingerprint density at radius 2 is 2.07 bits per heavy atom. The van der Waals surface area contributed by atoms with Gasteiger partial charge in [0.1, 0.15) is 17.4 Å². The van der Waals surface area contributed by atoms with Crippen molar-refractivity contribution in [3.63, 3.8) is 0 Å². The predicted octanol–water partition coefficient (Wildman–Crippen LogP) is 4.37. The first-order valence-corrected chi connectivity index (χ1v) is 9.03. The second-order valence-corrected chi connectivity index (χ2v) is 6.70. The molecule has 0 unspecified atom stereocenters. The third-order valence-electron chi connectivity index (χ3n) is 4.04. The summed E-state index contributed by atoms with van der Waals surface area (Å²) in [7, 11) is 0. The number of amides is 1. The summed E-state index contributed by atoms with van der Waals surface area (Å²) < 4.78 is 34.5. The normalized spacial score (nSPS) is 12.2. The van der Waals surface area contributed by atoms with Crippen molar-refractivity contribution in [2.75, 3.05) is 13.2 Å². The number of benzene rings is 2. The van der Waals surface area contributed by atoms with E-state index in [2.05, 4.69) is 21.2 Å². The summed E-state index contributed by atoms with van der Waals surface area (Å²) in [5, 5.41) is 13.0. The fraction of sp³-hybridized carbons (Fsp3) is 0.211. The average Bonchev–Trinajstić information content (AvgIpc) is 3.02. The highest BCUT2D eigenvalue weighted by Gasteiger charge is 2.18. The van der Waals surface area contributed by atoms with Gasteiger partial charge in [0.2, 0.25) is 0 Å². The van der Waals surface area contributed by atoms with Gasteiger partial charge in [-0.25, -0.2) is 13.6 Å². The summed E-state index contributed by atoms with van der Waals surface area (Å²) in [6.45, 7) is 1.68. The van der Waals surface area contributed by atoms with Crippen LogP contribution in [-0.4, -0.2) is 28.9 Å². The Balaban J connectivity index is 1.89. The number of rotatable bonds is 5. The van der Waals surface area contributed by atoms with Crippen molar-refractivity contribution in [2.24, 2.45) is 0 Å². The molecule has 0 aliphatic heterocycles. The summed E-state index contributed by atoms with van der Waals surface area (Å²) in [5.41, 5.74) is 0.735. The fourth-order valence-corrected chi connectivity index (χ4v) is 3.16.